The molecule has 2 bridgehead atoms. The molecule has 0 radical (unpaired) electrons. The molecule has 1 spiro atoms. The van der Waals surface area contributed by atoms with Gasteiger partial charge in [0, 0.05) is 54.6 Å². The lowest BCUT2D eigenvalue weighted by atomic mass is 9.70. The summed E-state index contributed by atoms with van der Waals surface area (Å²) in [4.78, 5) is 28.6. The zero-order chi connectivity index (χ0) is 29.9. The molecule has 43 heavy (non-hydrogen) atoms. The quantitative estimate of drug-likeness (QED) is 0.437. The number of rotatable bonds is 6. The average molecular weight is 603 g/mol. The van der Waals surface area contributed by atoms with Crippen LogP contribution in [0.2, 0.25) is 5.02 Å². The van der Waals surface area contributed by atoms with E-state index in [1.54, 1.807) is 0 Å². The summed E-state index contributed by atoms with van der Waals surface area (Å²) in [5.41, 5.74) is 5.39. The van der Waals surface area contributed by atoms with Gasteiger partial charge in [-0.2, -0.15) is 15.2 Å². The number of fused-ring (bicyclic) bond motifs is 5. The number of nitriles is 1. The van der Waals surface area contributed by atoms with Crippen molar-refractivity contribution in [2.45, 2.75) is 62.9 Å². The maximum absolute atomic E-state index is 13.8. The fraction of sp³-hybridized carbons (Fsp3) is 0.515. The van der Waals surface area contributed by atoms with Crippen molar-refractivity contribution in [1.82, 2.24) is 19.8 Å². The van der Waals surface area contributed by atoms with Crippen LogP contribution in [0.4, 0.5) is 10.2 Å². The van der Waals surface area contributed by atoms with Gasteiger partial charge in [-0.15, -0.1) is 0 Å². The van der Waals surface area contributed by atoms with Crippen LogP contribution in [0.15, 0.2) is 36.7 Å². The number of allylic oxidation sites excluding steroid dienone is 2. The van der Waals surface area contributed by atoms with Crippen molar-refractivity contribution in [3.05, 3.63) is 64.1 Å². The number of piperidine rings is 1. The summed E-state index contributed by atoms with van der Waals surface area (Å²) in [5.74, 6) is -0.206. The Hall–Kier alpha value is -3.48. The number of anilines is 1. The molecule has 3 fully saturated rings. The standard InChI is InChI=1S/C33H36ClFN6O2/c1-20-15-33(26-4-3-5-27(34)29(20)26)9-6-25-28(16-33)37-32(43-19-24-14-22-8-11-39(24)17-22)38-30(25)40-12-13-41(31(42)21(2)35)23(18-40)7-10-36/h3-5,15,22-24H,2,6-9,11-14,16-19H2,1H3/t22?,23-,24-,33-/m0/s1. The largest absolute Gasteiger partial charge is 0.462 e. The van der Waals surface area contributed by atoms with Crippen molar-refractivity contribution in [3.63, 3.8) is 0 Å². The third-order valence-corrected chi connectivity index (χ3v) is 10.6. The van der Waals surface area contributed by atoms with E-state index in [1.165, 1.54) is 22.5 Å². The highest BCUT2D eigenvalue weighted by atomic mass is 35.5. The zero-order valence-corrected chi connectivity index (χ0v) is 25.2. The Balaban J connectivity index is 1.23. The Morgan fingerprint density at radius 3 is 2.86 bits per heavy atom. The maximum Gasteiger partial charge on any atom is 0.318 e. The second-order valence-electron chi connectivity index (χ2n) is 12.8. The third kappa shape index (κ3) is 4.89. The summed E-state index contributed by atoms with van der Waals surface area (Å²) in [7, 11) is 0. The van der Waals surface area contributed by atoms with Gasteiger partial charge in [-0.05, 0) is 67.8 Å². The summed E-state index contributed by atoms with van der Waals surface area (Å²) >= 11 is 6.67. The van der Waals surface area contributed by atoms with E-state index in [1.807, 2.05) is 12.1 Å². The highest BCUT2D eigenvalue weighted by Crippen LogP contribution is 2.51. The Morgan fingerprint density at radius 2 is 2.12 bits per heavy atom. The van der Waals surface area contributed by atoms with Crippen LogP contribution in [0.5, 0.6) is 6.01 Å². The number of benzene rings is 1. The smallest absolute Gasteiger partial charge is 0.318 e. The van der Waals surface area contributed by atoms with E-state index >= 15 is 0 Å². The lowest BCUT2D eigenvalue weighted by molar-refractivity contribution is -0.131. The molecule has 5 atom stereocenters. The highest BCUT2D eigenvalue weighted by Gasteiger charge is 2.43. The number of amides is 1. The SMILES string of the molecule is C=C(F)C(=O)N1CCN(c2nc(OC[C@@H]3CC4CCN3C4)nc3c2CC[C@]2(C=C(C)c4c(Cl)cccc42)C3)C[C@@H]1CC#N. The molecule has 5 aliphatic rings. The first kappa shape index (κ1) is 28.3. The first-order valence-corrected chi connectivity index (χ1v) is 15.7. The summed E-state index contributed by atoms with van der Waals surface area (Å²) in [6.45, 7) is 9.25. The molecular formula is C33H36ClFN6O2. The van der Waals surface area contributed by atoms with Crippen molar-refractivity contribution in [2.75, 3.05) is 44.2 Å². The number of hydrogen-bond donors (Lipinski definition) is 0. The highest BCUT2D eigenvalue weighted by molar-refractivity contribution is 6.32. The lowest BCUT2D eigenvalue weighted by Gasteiger charge is -2.42. The zero-order valence-electron chi connectivity index (χ0n) is 24.5. The fourth-order valence-electron chi connectivity index (χ4n) is 8.23. The molecule has 10 heteroatoms. The number of aromatic nitrogens is 2. The van der Waals surface area contributed by atoms with Crippen molar-refractivity contribution >= 4 is 28.9 Å². The molecular weight excluding hydrogens is 567 g/mol. The van der Waals surface area contributed by atoms with Gasteiger partial charge < -0.3 is 14.5 Å². The number of carbonyl (C=O) groups is 1. The molecule has 3 saturated heterocycles. The predicted molar refractivity (Wildman–Crippen MR) is 163 cm³/mol. The molecule has 3 aliphatic heterocycles. The van der Waals surface area contributed by atoms with Crippen LogP contribution in [0.1, 0.15) is 55.0 Å². The number of hydrogen-bond acceptors (Lipinski definition) is 7. The summed E-state index contributed by atoms with van der Waals surface area (Å²) in [6.07, 6.45) is 7.23. The molecule has 224 valence electrons. The first-order valence-electron chi connectivity index (χ1n) is 15.3. The van der Waals surface area contributed by atoms with Gasteiger partial charge in [0.05, 0.1) is 24.2 Å². The van der Waals surface area contributed by atoms with E-state index in [2.05, 4.69) is 41.5 Å². The fourth-order valence-corrected chi connectivity index (χ4v) is 8.56. The second kappa shape index (κ2) is 10.9. The Morgan fingerprint density at radius 1 is 1.26 bits per heavy atom. The monoisotopic (exact) mass is 602 g/mol. The maximum atomic E-state index is 13.8. The molecule has 1 aromatic carbocycles. The number of halogens is 2. The van der Waals surface area contributed by atoms with E-state index in [4.69, 9.17) is 26.3 Å². The normalized spacial score (nSPS) is 28.8. The lowest BCUT2D eigenvalue weighted by Crippen LogP contribution is -2.55. The van der Waals surface area contributed by atoms with Crippen LogP contribution in [-0.2, 0) is 23.1 Å². The topological polar surface area (TPSA) is 85.6 Å². The minimum absolute atomic E-state index is 0.0928. The number of ether oxygens (including phenoxy) is 1. The van der Waals surface area contributed by atoms with E-state index < -0.39 is 17.8 Å². The van der Waals surface area contributed by atoms with Gasteiger partial charge in [-0.1, -0.05) is 36.4 Å². The summed E-state index contributed by atoms with van der Waals surface area (Å²) < 4.78 is 20.2. The molecule has 1 amide bonds. The van der Waals surface area contributed by atoms with Crippen molar-refractivity contribution in [3.8, 4) is 12.1 Å². The minimum atomic E-state index is -1.01. The molecule has 4 heterocycles. The minimum Gasteiger partial charge on any atom is -0.462 e. The van der Waals surface area contributed by atoms with Gasteiger partial charge in [0.2, 0.25) is 0 Å². The van der Waals surface area contributed by atoms with Crippen LogP contribution in [-0.4, -0.2) is 77.1 Å². The predicted octanol–water partition coefficient (Wildman–Crippen LogP) is 4.86. The molecule has 8 nitrogen and oxygen atoms in total. The van der Waals surface area contributed by atoms with Gasteiger partial charge in [0.15, 0.2) is 5.83 Å². The molecule has 0 N–H and O–H groups in total. The first-order chi connectivity index (χ1) is 20.8. The van der Waals surface area contributed by atoms with Crippen LogP contribution in [0, 0.1) is 17.2 Å². The molecule has 2 aliphatic carbocycles. The van der Waals surface area contributed by atoms with Gasteiger partial charge in [-0.25, -0.2) is 4.39 Å². The van der Waals surface area contributed by atoms with Gasteiger partial charge in [0.25, 0.3) is 5.91 Å². The number of piperazine rings is 1. The average Bonchev–Trinajstić information content (AvgIpc) is 3.69. The number of nitrogens with zero attached hydrogens (tertiary/aromatic N) is 6. The van der Waals surface area contributed by atoms with Crippen molar-refractivity contribution in [2.24, 2.45) is 5.92 Å². The Labute approximate surface area is 256 Å². The van der Waals surface area contributed by atoms with E-state index in [9.17, 15) is 14.4 Å². The molecule has 2 aromatic rings. The van der Waals surface area contributed by atoms with Gasteiger partial charge >= 0.3 is 6.01 Å². The van der Waals surface area contributed by atoms with Crippen molar-refractivity contribution in [1.29, 1.82) is 5.26 Å². The van der Waals surface area contributed by atoms with Crippen LogP contribution in [0.25, 0.3) is 5.57 Å². The van der Waals surface area contributed by atoms with Crippen molar-refractivity contribution < 1.29 is 13.9 Å². The molecule has 2 unspecified atom stereocenters. The third-order valence-electron chi connectivity index (χ3n) is 10.2. The van der Waals surface area contributed by atoms with Gasteiger partial charge in [0.1, 0.15) is 12.4 Å². The van der Waals surface area contributed by atoms with E-state index in [0.717, 1.165) is 65.9 Å². The summed E-state index contributed by atoms with van der Waals surface area (Å²) in [6, 6.07) is 8.61. The van der Waals surface area contributed by atoms with E-state index in [0.29, 0.717) is 38.2 Å². The Bertz CT molecular complexity index is 1570. The van der Waals surface area contributed by atoms with Crippen LogP contribution in [0.3, 0.4) is 0 Å². The Kier molecular flexibility index (Phi) is 7.18. The summed E-state index contributed by atoms with van der Waals surface area (Å²) in [5, 5.41) is 10.3. The second-order valence-corrected chi connectivity index (χ2v) is 13.2. The van der Waals surface area contributed by atoms with E-state index in [-0.39, 0.29) is 18.4 Å². The molecule has 7 rings (SSSR count). The molecule has 1 aromatic heterocycles. The number of carbonyl (C=O) groups excluding carboxylic acids is 1. The van der Waals surface area contributed by atoms with Crippen LogP contribution >= 0.6 is 11.6 Å². The molecule has 0 saturated carbocycles. The van der Waals surface area contributed by atoms with Gasteiger partial charge in [-0.3, -0.25) is 9.69 Å². The van der Waals surface area contributed by atoms with Crippen LogP contribution < -0.4 is 9.64 Å².